The molecule has 6 nitrogen and oxygen atoms in total. The maximum Gasteiger partial charge on any atom is 0.243 e. The van der Waals surface area contributed by atoms with Gasteiger partial charge in [0.25, 0.3) is 0 Å². The van der Waals surface area contributed by atoms with Crippen molar-refractivity contribution in [2.75, 3.05) is 18.4 Å². The highest BCUT2D eigenvalue weighted by atomic mass is 32.2. The summed E-state index contributed by atoms with van der Waals surface area (Å²) in [6.07, 6.45) is 6.99. The summed E-state index contributed by atoms with van der Waals surface area (Å²) in [6.45, 7) is 2.96. The summed E-state index contributed by atoms with van der Waals surface area (Å²) in [4.78, 5) is 12.9. The fourth-order valence-corrected chi connectivity index (χ4v) is 5.37. The van der Waals surface area contributed by atoms with Gasteiger partial charge in [-0.05, 0) is 67.3 Å². The largest absolute Gasteiger partial charge is 0.326 e. The summed E-state index contributed by atoms with van der Waals surface area (Å²) in [5.41, 5.74) is 3.28. The van der Waals surface area contributed by atoms with Crippen molar-refractivity contribution < 1.29 is 13.2 Å². The Bertz CT molecular complexity index is 1150. The number of carbonyl (C=O) groups excluding carboxylic acids is 1. The van der Waals surface area contributed by atoms with Gasteiger partial charge in [-0.15, -0.1) is 0 Å². The minimum absolute atomic E-state index is 0.177. The number of benzene rings is 2. The van der Waals surface area contributed by atoms with Gasteiger partial charge in [0.05, 0.1) is 11.3 Å². The van der Waals surface area contributed by atoms with Crippen LogP contribution in [-0.4, -0.2) is 36.3 Å². The maximum atomic E-state index is 13.0. The number of nitrogens with zero attached hydrogens (tertiary/aromatic N) is 2. The molecule has 7 heteroatoms. The van der Waals surface area contributed by atoms with Crippen LogP contribution in [0.3, 0.4) is 0 Å². The Hall–Kier alpha value is -2.90. The van der Waals surface area contributed by atoms with E-state index >= 15 is 0 Å². The van der Waals surface area contributed by atoms with Crippen molar-refractivity contribution in [2.24, 2.45) is 0 Å². The van der Waals surface area contributed by atoms with Crippen molar-refractivity contribution in [3.05, 3.63) is 78.1 Å². The number of piperidine rings is 1. The summed E-state index contributed by atoms with van der Waals surface area (Å²) in [7, 11) is -3.54. The third-order valence-electron chi connectivity index (χ3n) is 5.64. The van der Waals surface area contributed by atoms with Crippen LogP contribution in [-0.2, 0) is 21.2 Å². The quantitative estimate of drug-likeness (QED) is 0.630. The Balaban J connectivity index is 1.46. The van der Waals surface area contributed by atoms with Gasteiger partial charge in [-0.3, -0.25) is 4.79 Å². The van der Waals surface area contributed by atoms with E-state index in [0.29, 0.717) is 18.8 Å². The predicted molar refractivity (Wildman–Crippen MR) is 122 cm³/mol. The van der Waals surface area contributed by atoms with Gasteiger partial charge in [0.1, 0.15) is 0 Å². The highest BCUT2D eigenvalue weighted by Gasteiger charge is 2.26. The molecule has 1 aliphatic heterocycles. The van der Waals surface area contributed by atoms with E-state index in [1.54, 1.807) is 22.5 Å². The number of aromatic nitrogens is 1. The van der Waals surface area contributed by atoms with Gasteiger partial charge in [-0.25, -0.2) is 8.42 Å². The molecular formula is C24H27N3O3S. The molecule has 0 spiro atoms. The second-order valence-electron chi connectivity index (χ2n) is 7.92. The van der Waals surface area contributed by atoms with Gasteiger partial charge < -0.3 is 9.88 Å². The highest BCUT2D eigenvalue weighted by molar-refractivity contribution is 7.89. The van der Waals surface area contributed by atoms with Gasteiger partial charge in [-0.1, -0.05) is 24.6 Å². The Morgan fingerprint density at radius 3 is 2.32 bits per heavy atom. The van der Waals surface area contributed by atoms with Gasteiger partial charge in [-0.2, -0.15) is 4.31 Å². The molecule has 1 fully saturated rings. The molecule has 0 bridgehead atoms. The van der Waals surface area contributed by atoms with Gasteiger partial charge in [0, 0.05) is 36.9 Å². The molecule has 1 saturated heterocycles. The van der Waals surface area contributed by atoms with Crippen molar-refractivity contribution in [3.8, 4) is 5.69 Å². The number of hydrogen-bond acceptors (Lipinski definition) is 3. The third kappa shape index (κ3) is 4.89. The minimum atomic E-state index is -3.54. The highest BCUT2D eigenvalue weighted by Crippen LogP contribution is 2.25. The Morgan fingerprint density at radius 1 is 0.968 bits per heavy atom. The van der Waals surface area contributed by atoms with Crippen LogP contribution in [0.4, 0.5) is 5.69 Å². The van der Waals surface area contributed by atoms with Crippen LogP contribution in [0.15, 0.2) is 71.9 Å². The first-order chi connectivity index (χ1) is 14.9. The van der Waals surface area contributed by atoms with Crippen molar-refractivity contribution in [2.45, 2.75) is 37.5 Å². The van der Waals surface area contributed by atoms with Crippen LogP contribution in [0, 0.1) is 6.92 Å². The zero-order valence-electron chi connectivity index (χ0n) is 17.6. The summed E-state index contributed by atoms with van der Waals surface area (Å²) >= 11 is 0. The van der Waals surface area contributed by atoms with Crippen LogP contribution in [0.2, 0.25) is 0 Å². The molecule has 1 N–H and O–H groups in total. The van der Waals surface area contributed by atoms with Gasteiger partial charge in [0.2, 0.25) is 15.9 Å². The lowest BCUT2D eigenvalue weighted by molar-refractivity contribution is -0.115. The van der Waals surface area contributed by atoms with E-state index in [1.165, 1.54) is 0 Å². The summed E-state index contributed by atoms with van der Waals surface area (Å²) in [6, 6.07) is 16.7. The van der Waals surface area contributed by atoms with E-state index < -0.39 is 10.0 Å². The van der Waals surface area contributed by atoms with E-state index in [9.17, 15) is 13.2 Å². The molecule has 2 heterocycles. The molecule has 4 rings (SSSR count). The number of carbonyl (C=O) groups is 1. The third-order valence-corrected chi connectivity index (χ3v) is 7.53. The molecule has 1 aromatic heterocycles. The van der Waals surface area contributed by atoms with Crippen LogP contribution in [0.1, 0.15) is 30.4 Å². The molecule has 1 aliphatic rings. The summed E-state index contributed by atoms with van der Waals surface area (Å²) in [5, 5.41) is 2.89. The van der Waals surface area contributed by atoms with Crippen LogP contribution >= 0.6 is 0 Å². The minimum Gasteiger partial charge on any atom is -0.326 e. The number of rotatable bonds is 6. The van der Waals surface area contributed by atoms with E-state index in [2.05, 4.69) is 5.32 Å². The van der Waals surface area contributed by atoms with E-state index in [0.717, 1.165) is 36.1 Å². The number of sulfonamides is 1. The van der Waals surface area contributed by atoms with E-state index in [-0.39, 0.29) is 17.2 Å². The zero-order valence-corrected chi connectivity index (χ0v) is 18.4. The molecule has 0 radical (unpaired) electrons. The lowest BCUT2D eigenvalue weighted by atomic mass is 10.1. The topological polar surface area (TPSA) is 71.4 Å². The van der Waals surface area contributed by atoms with E-state index in [1.807, 2.05) is 60.3 Å². The lowest BCUT2D eigenvalue weighted by Crippen LogP contribution is -2.35. The Kier molecular flexibility index (Phi) is 6.25. The zero-order chi connectivity index (χ0) is 21.8. The molecule has 31 heavy (non-hydrogen) atoms. The molecular weight excluding hydrogens is 410 g/mol. The van der Waals surface area contributed by atoms with Crippen LogP contribution in [0.25, 0.3) is 5.69 Å². The molecule has 0 atom stereocenters. The standard InChI is InChI=1S/C24H27N3O3S/c1-19-7-12-22(31(29,30)27-15-3-2-4-16-27)18-23(19)25-24(28)17-20-8-10-21(11-9-20)26-13-5-6-14-26/h5-14,18H,2-4,15-17H2,1H3,(H,25,28). The van der Waals surface area contributed by atoms with E-state index in [4.69, 9.17) is 0 Å². The maximum absolute atomic E-state index is 13.0. The van der Waals surface area contributed by atoms with Crippen LogP contribution in [0.5, 0.6) is 0 Å². The molecule has 3 aromatic rings. The lowest BCUT2D eigenvalue weighted by Gasteiger charge is -2.26. The number of hydrogen-bond donors (Lipinski definition) is 1. The van der Waals surface area contributed by atoms with Crippen molar-refractivity contribution in [1.82, 2.24) is 8.87 Å². The summed E-state index contributed by atoms with van der Waals surface area (Å²) in [5.74, 6) is -0.177. The Morgan fingerprint density at radius 2 is 1.65 bits per heavy atom. The van der Waals surface area contributed by atoms with Crippen molar-refractivity contribution >= 4 is 21.6 Å². The average Bonchev–Trinajstić information content (AvgIpc) is 3.31. The molecule has 0 saturated carbocycles. The second-order valence-corrected chi connectivity index (χ2v) is 9.86. The first-order valence-electron chi connectivity index (χ1n) is 10.6. The fourth-order valence-electron chi connectivity index (χ4n) is 3.82. The number of nitrogens with one attached hydrogen (secondary N) is 1. The fraction of sp³-hybridized carbons (Fsp3) is 0.292. The second kappa shape index (κ2) is 9.08. The number of aryl methyl sites for hydroxylation is 1. The smallest absolute Gasteiger partial charge is 0.243 e. The molecule has 0 unspecified atom stereocenters. The molecule has 162 valence electrons. The van der Waals surface area contributed by atoms with Crippen molar-refractivity contribution in [3.63, 3.8) is 0 Å². The van der Waals surface area contributed by atoms with Crippen LogP contribution < -0.4 is 5.32 Å². The Labute approximate surface area is 183 Å². The first kappa shape index (κ1) is 21.3. The summed E-state index contributed by atoms with van der Waals surface area (Å²) < 4.78 is 29.5. The first-order valence-corrected chi connectivity index (χ1v) is 12.0. The monoisotopic (exact) mass is 437 g/mol. The number of anilines is 1. The predicted octanol–water partition coefficient (Wildman–Crippen LogP) is 4.14. The normalized spacial score (nSPS) is 15.0. The van der Waals surface area contributed by atoms with Gasteiger partial charge >= 0.3 is 0 Å². The molecule has 2 aromatic carbocycles. The van der Waals surface area contributed by atoms with Crippen molar-refractivity contribution in [1.29, 1.82) is 0 Å². The number of amides is 1. The molecule has 0 aliphatic carbocycles. The average molecular weight is 438 g/mol. The van der Waals surface area contributed by atoms with Gasteiger partial charge in [0.15, 0.2) is 0 Å². The SMILES string of the molecule is Cc1ccc(S(=O)(=O)N2CCCCC2)cc1NC(=O)Cc1ccc(-n2cccc2)cc1. The molecule has 1 amide bonds.